The number of amides is 1. The van der Waals surface area contributed by atoms with Crippen LogP contribution in [0.3, 0.4) is 0 Å². The lowest BCUT2D eigenvalue weighted by Crippen LogP contribution is -2.23. The van der Waals surface area contributed by atoms with Gasteiger partial charge in [0.15, 0.2) is 17.5 Å². The number of benzene rings is 1. The molecule has 3 rings (SSSR count). The number of aryl methyl sites for hydroxylation is 2. The number of ether oxygens (including phenoxy) is 1. The summed E-state index contributed by atoms with van der Waals surface area (Å²) in [6.07, 6.45) is 1.41. The number of Topliss-reactive ketones (excluding diaryl/α,β-unsaturated/α-hetero) is 1. The van der Waals surface area contributed by atoms with Gasteiger partial charge in [-0.2, -0.15) is 0 Å². The molecule has 2 heterocycles. The molecule has 0 unspecified atom stereocenters. The highest BCUT2D eigenvalue weighted by atomic mass is 32.2. The van der Waals surface area contributed by atoms with E-state index >= 15 is 0 Å². The van der Waals surface area contributed by atoms with Crippen molar-refractivity contribution in [2.75, 3.05) is 23.8 Å². The van der Waals surface area contributed by atoms with Crippen molar-refractivity contribution in [3.05, 3.63) is 47.3 Å². The Balaban J connectivity index is 1.48. The van der Waals surface area contributed by atoms with Gasteiger partial charge in [0.05, 0.1) is 5.75 Å². The van der Waals surface area contributed by atoms with E-state index in [0.29, 0.717) is 23.7 Å². The Bertz CT molecular complexity index is 879. The fourth-order valence-electron chi connectivity index (χ4n) is 2.90. The van der Waals surface area contributed by atoms with Gasteiger partial charge in [-0.3, -0.25) is 14.4 Å². The van der Waals surface area contributed by atoms with Crippen molar-refractivity contribution in [2.45, 2.75) is 31.8 Å². The Morgan fingerprint density at radius 2 is 1.82 bits per heavy atom. The third kappa shape index (κ3) is 5.16. The first kappa shape index (κ1) is 20.0. The molecule has 28 heavy (non-hydrogen) atoms. The first-order chi connectivity index (χ1) is 13.4. The van der Waals surface area contributed by atoms with Gasteiger partial charge in [0, 0.05) is 35.6 Å². The summed E-state index contributed by atoms with van der Waals surface area (Å²) in [6.45, 7) is 4.10. The first-order valence-corrected chi connectivity index (χ1v) is 9.95. The molecule has 0 bridgehead atoms. The van der Waals surface area contributed by atoms with Crippen molar-refractivity contribution < 1.29 is 19.1 Å². The molecule has 7 nitrogen and oxygen atoms in total. The highest BCUT2D eigenvalue weighted by molar-refractivity contribution is 7.99. The molecule has 0 spiro atoms. The summed E-state index contributed by atoms with van der Waals surface area (Å²) >= 11 is 1.18. The maximum absolute atomic E-state index is 12.2. The second kappa shape index (κ2) is 8.97. The standard InChI is InChI=1S/C20H21N3O4S/c1-13-10-14(2)22-20(21-13)28-12-19(26)27-11-17(24)15-5-7-16(8-6-15)23-9-3-4-18(23)25/h5-8,10H,3-4,9,11-12H2,1-2H3. The number of esters is 1. The summed E-state index contributed by atoms with van der Waals surface area (Å²) < 4.78 is 5.06. The van der Waals surface area contributed by atoms with E-state index in [1.54, 1.807) is 29.2 Å². The Morgan fingerprint density at radius 3 is 2.43 bits per heavy atom. The van der Waals surface area contributed by atoms with Gasteiger partial charge in [0.1, 0.15) is 0 Å². The largest absolute Gasteiger partial charge is 0.457 e. The van der Waals surface area contributed by atoms with Crippen LogP contribution in [0.2, 0.25) is 0 Å². The van der Waals surface area contributed by atoms with Crippen molar-refractivity contribution in [1.29, 1.82) is 0 Å². The molecule has 146 valence electrons. The molecule has 0 radical (unpaired) electrons. The van der Waals surface area contributed by atoms with Gasteiger partial charge in [-0.05, 0) is 50.6 Å². The monoisotopic (exact) mass is 399 g/mol. The minimum absolute atomic E-state index is 0.0339. The number of hydrogen-bond donors (Lipinski definition) is 0. The molecule has 1 saturated heterocycles. The fraction of sp³-hybridized carbons (Fsp3) is 0.350. The highest BCUT2D eigenvalue weighted by Crippen LogP contribution is 2.21. The quantitative estimate of drug-likeness (QED) is 0.306. The smallest absolute Gasteiger partial charge is 0.316 e. The Labute approximate surface area is 167 Å². The molecule has 1 aromatic carbocycles. The average Bonchev–Trinajstić information content (AvgIpc) is 3.10. The van der Waals surface area contributed by atoms with Crippen LogP contribution in [0.15, 0.2) is 35.5 Å². The highest BCUT2D eigenvalue weighted by Gasteiger charge is 2.21. The number of ketones is 1. The Hall–Kier alpha value is -2.74. The molecule has 1 aliphatic heterocycles. The molecule has 2 aromatic rings. The molecule has 1 aliphatic rings. The third-order valence-corrected chi connectivity index (χ3v) is 5.04. The molecule has 0 N–H and O–H groups in total. The summed E-state index contributed by atoms with van der Waals surface area (Å²) in [5, 5.41) is 0.507. The number of thioether (sulfide) groups is 1. The molecular formula is C20H21N3O4S. The van der Waals surface area contributed by atoms with E-state index in [9.17, 15) is 14.4 Å². The van der Waals surface area contributed by atoms with E-state index in [4.69, 9.17) is 4.74 Å². The molecule has 1 fully saturated rings. The van der Waals surface area contributed by atoms with E-state index in [1.165, 1.54) is 11.8 Å². The lowest BCUT2D eigenvalue weighted by molar-refractivity contribution is -0.139. The number of nitrogens with zero attached hydrogens (tertiary/aromatic N) is 3. The SMILES string of the molecule is Cc1cc(C)nc(SCC(=O)OCC(=O)c2ccc(N3CCCC3=O)cc2)n1. The molecular weight excluding hydrogens is 378 g/mol. The van der Waals surface area contributed by atoms with E-state index in [2.05, 4.69) is 9.97 Å². The van der Waals surface area contributed by atoms with Gasteiger partial charge in [-0.25, -0.2) is 9.97 Å². The minimum atomic E-state index is -0.500. The van der Waals surface area contributed by atoms with Gasteiger partial charge in [0.2, 0.25) is 5.91 Å². The zero-order valence-electron chi connectivity index (χ0n) is 15.8. The maximum atomic E-state index is 12.2. The minimum Gasteiger partial charge on any atom is -0.457 e. The summed E-state index contributed by atoms with van der Waals surface area (Å²) in [5.74, 6) is -0.661. The number of anilines is 1. The number of carbonyl (C=O) groups excluding carboxylic acids is 3. The number of aromatic nitrogens is 2. The average molecular weight is 399 g/mol. The zero-order chi connectivity index (χ0) is 20.1. The maximum Gasteiger partial charge on any atom is 0.316 e. The molecule has 1 aromatic heterocycles. The zero-order valence-corrected chi connectivity index (χ0v) is 16.6. The van der Waals surface area contributed by atoms with Gasteiger partial charge < -0.3 is 9.64 Å². The molecule has 0 aliphatic carbocycles. The van der Waals surface area contributed by atoms with Crippen LogP contribution < -0.4 is 4.90 Å². The van der Waals surface area contributed by atoms with Gasteiger partial charge in [-0.1, -0.05) is 11.8 Å². The van der Waals surface area contributed by atoms with Crippen molar-refractivity contribution >= 4 is 35.1 Å². The summed E-state index contributed by atoms with van der Waals surface area (Å²) in [6, 6.07) is 8.63. The summed E-state index contributed by atoms with van der Waals surface area (Å²) in [4.78, 5) is 46.1. The van der Waals surface area contributed by atoms with Crippen LogP contribution in [0.5, 0.6) is 0 Å². The van der Waals surface area contributed by atoms with Crippen LogP contribution in [0.1, 0.15) is 34.6 Å². The second-order valence-electron chi connectivity index (χ2n) is 6.50. The first-order valence-electron chi connectivity index (χ1n) is 8.97. The topological polar surface area (TPSA) is 89.5 Å². The lowest BCUT2D eigenvalue weighted by atomic mass is 10.1. The van der Waals surface area contributed by atoms with Gasteiger partial charge in [0.25, 0.3) is 0 Å². The van der Waals surface area contributed by atoms with Crippen LogP contribution in [0, 0.1) is 13.8 Å². The van der Waals surface area contributed by atoms with Gasteiger partial charge in [-0.15, -0.1) is 0 Å². The van der Waals surface area contributed by atoms with Crippen LogP contribution >= 0.6 is 11.8 Å². The summed E-state index contributed by atoms with van der Waals surface area (Å²) in [5.41, 5.74) is 2.88. The van der Waals surface area contributed by atoms with Crippen LogP contribution in [-0.2, 0) is 14.3 Å². The van der Waals surface area contributed by atoms with Crippen molar-refractivity contribution in [3.63, 3.8) is 0 Å². The van der Waals surface area contributed by atoms with E-state index in [-0.39, 0.29) is 24.1 Å². The number of rotatable bonds is 7. The lowest BCUT2D eigenvalue weighted by Gasteiger charge is -2.15. The van der Waals surface area contributed by atoms with E-state index in [0.717, 1.165) is 23.5 Å². The van der Waals surface area contributed by atoms with Crippen molar-refractivity contribution in [3.8, 4) is 0 Å². The molecule has 0 atom stereocenters. The number of carbonyl (C=O) groups is 3. The van der Waals surface area contributed by atoms with Crippen LogP contribution in [-0.4, -0.2) is 46.5 Å². The number of hydrogen-bond acceptors (Lipinski definition) is 7. The van der Waals surface area contributed by atoms with Crippen molar-refractivity contribution in [2.24, 2.45) is 0 Å². The van der Waals surface area contributed by atoms with E-state index < -0.39 is 5.97 Å². The normalized spacial score (nSPS) is 13.6. The predicted molar refractivity (Wildman–Crippen MR) is 106 cm³/mol. The molecule has 1 amide bonds. The molecule has 8 heteroatoms. The van der Waals surface area contributed by atoms with Crippen LogP contribution in [0.25, 0.3) is 0 Å². The van der Waals surface area contributed by atoms with Crippen molar-refractivity contribution in [1.82, 2.24) is 9.97 Å². The fourth-order valence-corrected chi connectivity index (χ4v) is 3.65. The predicted octanol–water partition coefficient (Wildman–Crippen LogP) is 2.74. The summed E-state index contributed by atoms with van der Waals surface area (Å²) in [7, 11) is 0. The second-order valence-corrected chi connectivity index (χ2v) is 7.44. The van der Waals surface area contributed by atoms with Crippen LogP contribution in [0.4, 0.5) is 5.69 Å². The Morgan fingerprint density at radius 1 is 1.14 bits per heavy atom. The molecule has 0 saturated carbocycles. The third-order valence-electron chi connectivity index (χ3n) is 4.22. The van der Waals surface area contributed by atoms with E-state index in [1.807, 2.05) is 19.9 Å². The van der Waals surface area contributed by atoms with Gasteiger partial charge >= 0.3 is 5.97 Å². The Kier molecular flexibility index (Phi) is 6.41.